The van der Waals surface area contributed by atoms with Gasteiger partial charge in [-0.05, 0) is 32.1 Å². The summed E-state index contributed by atoms with van der Waals surface area (Å²) in [5, 5.41) is 18.4. The van der Waals surface area contributed by atoms with Gasteiger partial charge in [-0.3, -0.25) is 9.59 Å². The zero-order chi connectivity index (χ0) is 17.1. The van der Waals surface area contributed by atoms with Crippen LogP contribution in [0.15, 0.2) is 11.1 Å². The minimum absolute atomic E-state index is 0. The van der Waals surface area contributed by atoms with Gasteiger partial charge in [0.15, 0.2) is 5.78 Å². The average Bonchev–Trinajstić information content (AvgIpc) is 2.86. The summed E-state index contributed by atoms with van der Waals surface area (Å²) in [6.45, 7) is 2.08. The molecule has 0 saturated carbocycles. The van der Waals surface area contributed by atoms with Gasteiger partial charge >= 0.3 is 5.97 Å². The van der Waals surface area contributed by atoms with E-state index in [1.54, 1.807) is 0 Å². The molecule has 0 aromatic carbocycles. The number of carbonyl (C=O) groups excluding carboxylic acids is 1. The van der Waals surface area contributed by atoms with E-state index in [0.29, 0.717) is 25.7 Å². The zero-order valence-corrected chi connectivity index (χ0v) is 14.6. The zero-order valence-electron chi connectivity index (χ0n) is 14.6. The smallest absolute Gasteiger partial charge is 0.303 e. The normalized spacial score (nSPS) is 14.8. The lowest BCUT2D eigenvalue weighted by molar-refractivity contribution is -0.137. The van der Waals surface area contributed by atoms with Crippen LogP contribution in [0.3, 0.4) is 0 Å². The third-order valence-electron chi connectivity index (χ3n) is 4.09. The molecule has 0 saturated heterocycles. The van der Waals surface area contributed by atoms with E-state index in [-0.39, 0.29) is 17.7 Å². The summed E-state index contributed by atoms with van der Waals surface area (Å²) in [5.74, 6) is 5.31. The molecule has 0 aromatic heterocycles. The first-order valence-corrected chi connectivity index (χ1v) is 8.71. The van der Waals surface area contributed by atoms with Crippen LogP contribution in [0.25, 0.3) is 0 Å². The molecule has 4 N–H and O–H groups in total. The molecule has 0 aliphatic heterocycles. The number of carboxylic acids is 1. The summed E-state index contributed by atoms with van der Waals surface area (Å²) >= 11 is 0. The predicted octanol–water partition coefficient (Wildman–Crippen LogP) is 2.80. The van der Waals surface area contributed by atoms with Crippen molar-refractivity contribution in [2.75, 3.05) is 0 Å². The van der Waals surface area contributed by atoms with Gasteiger partial charge in [-0.1, -0.05) is 44.4 Å². The highest BCUT2D eigenvalue weighted by Gasteiger charge is 2.21. The van der Waals surface area contributed by atoms with E-state index in [1.165, 1.54) is 0 Å². The minimum atomic E-state index is -0.752. The Morgan fingerprint density at radius 3 is 2.54 bits per heavy atom. The van der Waals surface area contributed by atoms with Gasteiger partial charge in [0.1, 0.15) is 6.10 Å². The van der Waals surface area contributed by atoms with E-state index in [1.807, 2.05) is 0 Å². The molecule has 0 radical (unpaired) electrons. The van der Waals surface area contributed by atoms with Crippen molar-refractivity contribution in [2.24, 2.45) is 0 Å². The van der Waals surface area contributed by atoms with Crippen LogP contribution in [-0.4, -0.2) is 33.5 Å². The van der Waals surface area contributed by atoms with Crippen LogP contribution < -0.4 is 0 Å². The maximum absolute atomic E-state index is 11.9. The van der Waals surface area contributed by atoms with Crippen LogP contribution in [0.1, 0.15) is 77.6 Å². The van der Waals surface area contributed by atoms with Gasteiger partial charge in [0.25, 0.3) is 0 Å². The van der Waals surface area contributed by atoms with Crippen LogP contribution in [0.4, 0.5) is 0 Å². The van der Waals surface area contributed by atoms with Crippen molar-refractivity contribution < 1.29 is 25.3 Å². The van der Waals surface area contributed by atoms with E-state index in [9.17, 15) is 14.7 Å². The van der Waals surface area contributed by atoms with E-state index in [0.717, 1.165) is 49.7 Å². The molecule has 0 spiro atoms. The molecule has 0 fully saturated rings. The number of Topliss-reactive ketones (excluding diaryl/α,β-unsaturated/α-hetero) is 1. The number of rotatable bonds is 10. The van der Waals surface area contributed by atoms with Gasteiger partial charge in [0.2, 0.25) is 0 Å². The average molecular weight is 338 g/mol. The molecule has 1 aliphatic rings. The molecule has 0 aromatic rings. The summed E-state index contributed by atoms with van der Waals surface area (Å²) < 4.78 is 0. The lowest BCUT2D eigenvalue weighted by atomic mass is 10.0. The van der Waals surface area contributed by atoms with Gasteiger partial charge < -0.3 is 15.7 Å². The fourth-order valence-corrected chi connectivity index (χ4v) is 2.71. The second-order valence-electron chi connectivity index (χ2n) is 6.12. The highest BCUT2D eigenvalue weighted by Crippen LogP contribution is 2.27. The van der Waals surface area contributed by atoms with Gasteiger partial charge in [0, 0.05) is 24.0 Å². The Kier molecular flexibility index (Phi) is 11.9. The molecule has 0 heterocycles. The molecule has 5 nitrogen and oxygen atoms in total. The third-order valence-corrected chi connectivity index (χ3v) is 4.09. The molecule has 1 atom stereocenters. The molecule has 24 heavy (non-hydrogen) atoms. The van der Waals surface area contributed by atoms with Gasteiger partial charge in [-0.2, -0.15) is 0 Å². The molecule has 1 aliphatic carbocycles. The van der Waals surface area contributed by atoms with Crippen molar-refractivity contribution in [3.05, 3.63) is 11.1 Å². The highest BCUT2D eigenvalue weighted by atomic mass is 16.4. The second-order valence-corrected chi connectivity index (χ2v) is 6.12. The molecule has 0 bridgehead atoms. The van der Waals surface area contributed by atoms with Crippen molar-refractivity contribution in [3.63, 3.8) is 0 Å². The quantitative estimate of drug-likeness (QED) is 0.472. The Bertz CT molecular complexity index is 496. The van der Waals surface area contributed by atoms with Crippen LogP contribution in [0.2, 0.25) is 0 Å². The number of unbranched alkanes of at least 4 members (excludes halogenated alkanes) is 4. The van der Waals surface area contributed by atoms with Crippen LogP contribution in [0.5, 0.6) is 0 Å². The standard InChI is InChI=1S/C19H28O4.H2O/c1-2-3-8-16(20)13-11-15-12-14-18(21)17(15)9-6-4-5-7-10-19(22)23;/h16,20H,2-10,12,14H2,1H3,(H,22,23);1H2. The first-order valence-electron chi connectivity index (χ1n) is 8.71. The topological polar surface area (TPSA) is 106 Å². The molecule has 136 valence electrons. The lowest BCUT2D eigenvalue weighted by Crippen LogP contribution is -2.02. The Morgan fingerprint density at radius 1 is 1.17 bits per heavy atom. The Labute approximate surface area is 144 Å². The van der Waals surface area contributed by atoms with Crippen LogP contribution in [0, 0.1) is 11.8 Å². The van der Waals surface area contributed by atoms with E-state index in [2.05, 4.69) is 18.8 Å². The number of allylic oxidation sites excluding steroid dienone is 2. The monoisotopic (exact) mass is 338 g/mol. The number of ketones is 1. The number of hydrogen-bond acceptors (Lipinski definition) is 3. The molecule has 5 heteroatoms. The summed E-state index contributed by atoms with van der Waals surface area (Å²) in [7, 11) is 0. The number of aliphatic carboxylic acids is 1. The number of hydrogen-bond donors (Lipinski definition) is 2. The molecule has 1 unspecified atom stereocenters. The number of carboxylic acid groups (broad SMARTS) is 1. The number of aliphatic hydroxyl groups excluding tert-OH is 1. The fourth-order valence-electron chi connectivity index (χ4n) is 2.71. The van der Waals surface area contributed by atoms with Crippen molar-refractivity contribution in [1.82, 2.24) is 0 Å². The largest absolute Gasteiger partial charge is 0.481 e. The summed E-state index contributed by atoms with van der Waals surface area (Å²) in [4.78, 5) is 22.4. The second kappa shape index (κ2) is 12.7. The Balaban J connectivity index is 0.00000529. The Hall–Kier alpha value is -1.64. The summed E-state index contributed by atoms with van der Waals surface area (Å²) in [6, 6.07) is 0. The molecule has 0 amide bonds. The van der Waals surface area contributed by atoms with Crippen molar-refractivity contribution in [1.29, 1.82) is 0 Å². The highest BCUT2D eigenvalue weighted by molar-refractivity contribution is 5.99. The van der Waals surface area contributed by atoms with Crippen molar-refractivity contribution in [2.45, 2.75) is 83.7 Å². The van der Waals surface area contributed by atoms with E-state index < -0.39 is 12.1 Å². The maximum atomic E-state index is 11.9. The maximum Gasteiger partial charge on any atom is 0.303 e. The number of aliphatic hydroxyl groups is 1. The molecule has 1 rings (SSSR count). The molecular formula is C19H30O5. The SMILES string of the molecule is CCCCC(O)C#CC1=C(CCCCCCC(=O)O)C(=O)CC1.O. The van der Waals surface area contributed by atoms with Gasteiger partial charge in [-0.15, -0.1) is 0 Å². The van der Waals surface area contributed by atoms with E-state index >= 15 is 0 Å². The van der Waals surface area contributed by atoms with Crippen LogP contribution >= 0.6 is 0 Å². The van der Waals surface area contributed by atoms with Crippen molar-refractivity contribution in [3.8, 4) is 11.8 Å². The minimum Gasteiger partial charge on any atom is -0.481 e. The van der Waals surface area contributed by atoms with Crippen LogP contribution in [-0.2, 0) is 9.59 Å². The predicted molar refractivity (Wildman–Crippen MR) is 93.5 cm³/mol. The summed E-state index contributed by atoms with van der Waals surface area (Å²) in [6.07, 6.45) is 7.64. The third kappa shape index (κ3) is 8.85. The van der Waals surface area contributed by atoms with Gasteiger partial charge in [0.05, 0.1) is 0 Å². The first kappa shape index (κ1) is 22.4. The van der Waals surface area contributed by atoms with E-state index in [4.69, 9.17) is 5.11 Å². The van der Waals surface area contributed by atoms with Crippen molar-refractivity contribution >= 4 is 11.8 Å². The lowest BCUT2D eigenvalue weighted by Gasteiger charge is -2.03. The summed E-state index contributed by atoms with van der Waals surface area (Å²) in [5.41, 5.74) is 1.73. The number of carbonyl (C=O) groups is 2. The Morgan fingerprint density at radius 2 is 1.88 bits per heavy atom. The molecular weight excluding hydrogens is 308 g/mol. The first-order chi connectivity index (χ1) is 11.0. The fraction of sp³-hybridized carbons (Fsp3) is 0.684. The van der Waals surface area contributed by atoms with Gasteiger partial charge in [-0.25, -0.2) is 0 Å².